The second-order valence-corrected chi connectivity index (χ2v) is 7.71. The summed E-state index contributed by atoms with van der Waals surface area (Å²) in [6.45, 7) is 7.33. The number of halogens is 1. The van der Waals surface area contributed by atoms with E-state index in [1.165, 1.54) is 30.4 Å². The molecule has 0 unspecified atom stereocenters. The Morgan fingerprint density at radius 3 is 2.34 bits per heavy atom. The summed E-state index contributed by atoms with van der Waals surface area (Å²) in [7, 11) is 0. The number of thiazole rings is 1. The SMILES string of the molecule is Cc1cc(C)c(NC(=O)[C@H](C)OC(=O)c2csc(-c3ccc(F)cc3)n2)c(C)c1. The van der Waals surface area contributed by atoms with Gasteiger partial charge < -0.3 is 10.1 Å². The van der Waals surface area contributed by atoms with Gasteiger partial charge in [0.25, 0.3) is 5.91 Å². The fraction of sp³-hybridized carbons (Fsp3) is 0.227. The van der Waals surface area contributed by atoms with Gasteiger partial charge in [0, 0.05) is 16.6 Å². The zero-order chi connectivity index (χ0) is 21.1. The van der Waals surface area contributed by atoms with Crippen LogP contribution >= 0.6 is 11.3 Å². The van der Waals surface area contributed by atoms with Crippen LogP contribution in [0.3, 0.4) is 0 Å². The van der Waals surface area contributed by atoms with Gasteiger partial charge in [-0.25, -0.2) is 14.2 Å². The molecule has 3 aromatic rings. The van der Waals surface area contributed by atoms with Crippen LogP contribution < -0.4 is 5.32 Å². The van der Waals surface area contributed by atoms with Crippen molar-refractivity contribution in [2.75, 3.05) is 5.32 Å². The highest BCUT2D eigenvalue weighted by atomic mass is 32.1. The van der Waals surface area contributed by atoms with Crippen LogP contribution in [0.5, 0.6) is 0 Å². The molecule has 1 amide bonds. The van der Waals surface area contributed by atoms with Gasteiger partial charge in [-0.05, 0) is 63.1 Å². The largest absolute Gasteiger partial charge is 0.448 e. The number of benzene rings is 2. The molecule has 2 aromatic carbocycles. The molecule has 29 heavy (non-hydrogen) atoms. The predicted molar refractivity (Wildman–Crippen MR) is 112 cm³/mol. The first-order chi connectivity index (χ1) is 13.7. The predicted octanol–water partition coefficient (Wildman–Crippen LogP) is 5.06. The quantitative estimate of drug-likeness (QED) is 0.595. The van der Waals surface area contributed by atoms with E-state index in [4.69, 9.17) is 4.74 Å². The maximum absolute atomic E-state index is 13.1. The molecular weight excluding hydrogens is 391 g/mol. The van der Waals surface area contributed by atoms with Crippen molar-refractivity contribution >= 4 is 28.9 Å². The summed E-state index contributed by atoms with van der Waals surface area (Å²) in [5, 5.41) is 4.95. The third kappa shape index (κ3) is 4.86. The van der Waals surface area contributed by atoms with Gasteiger partial charge in [0.05, 0.1) is 0 Å². The molecule has 0 saturated carbocycles. The zero-order valence-corrected chi connectivity index (χ0v) is 17.4. The van der Waals surface area contributed by atoms with E-state index in [2.05, 4.69) is 10.3 Å². The van der Waals surface area contributed by atoms with Gasteiger partial charge in [-0.2, -0.15) is 0 Å². The lowest BCUT2D eigenvalue weighted by atomic mass is 10.0. The molecule has 0 spiro atoms. The topological polar surface area (TPSA) is 68.3 Å². The summed E-state index contributed by atoms with van der Waals surface area (Å²) in [5.74, 6) is -1.44. The van der Waals surface area contributed by atoms with Crippen LogP contribution in [-0.4, -0.2) is 23.0 Å². The first-order valence-electron chi connectivity index (χ1n) is 9.05. The number of aryl methyl sites for hydroxylation is 3. The van der Waals surface area contributed by atoms with E-state index in [0.29, 0.717) is 10.6 Å². The van der Waals surface area contributed by atoms with E-state index in [-0.39, 0.29) is 11.5 Å². The lowest BCUT2D eigenvalue weighted by Gasteiger charge is -2.16. The van der Waals surface area contributed by atoms with Crippen LogP contribution in [0.25, 0.3) is 10.6 Å². The average Bonchev–Trinajstić information content (AvgIpc) is 3.15. The summed E-state index contributed by atoms with van der Waals surface area (Å²) in [5.41, 5.74) is 4.52. The smallest absolute Gasteiger partial charge is 0.358 e. The van der Waals surface area contributed by atoms with Gasteiger partial charge in [0.15, 0.2) is 11.8 Å². The minimum absolute atomic E-state index is 0.108. The number of anilines is 1. The van der Waals surface area contributed by atoms with Crippen molar-refractivity contribution in [3.63, 3.8) is 0 Å². The van der Waals surface area contributed by atoms with Gasteiger partial charge >= 0.3 is 5.97 Å². The lowest BCUT2D eigenvalue weighted by molar-refractivity contribution is -0.123. The molecule has 5 nitrogen and oxygen atoms in total. The molecular formula is C22H21FN2O3S. The molecule has 0 aliphatic carbocycles. The number of aromatic nitrogens is 1. The molecule has 1 aromatic heterocycles. The van der Waals surface area contributed by atoms with Crippen LogP contribution in [0.4, 0.5) is 10.1 Å². The van der Waals surface area contributed by atoms with E-state index in [1.807, 2.05) is 32.9 Å². The van der Waals surface area contributed by atoms with Gasteiger partial charge in [-0.15, -0.1) is 11.3 Å². The van der Waals surface area contributed by atoms with E-state index in [0.717, 1.165) is 22.4 Å². The van der Waals surface area contributed by atoms with Crippen molar-refractivity contribution in [2.45, 2.75) is 33.8 Å². The molecule has 0 saturated heterocycles. The molecule has 1 heterocycles. The lowest BCUT2D eigenvalue weighted by Crippen LogP contribution is -2.30. The van der Waals surface area contributed by atoms with Crippen molar-refractivity contribution in [1.29, 1.82) is 0 Å². The number of nitrogens with zero attached hydrogens (tertiary/aromatic N) is 1. The van der Waals surface area contributed by atoms with Gasteiger partial charge in [0.1, 0.15) is 10.8 Å². The van der Waals surface area contributed by atoms with Gasteiger partial charge in [-0.1, -0.05) is 17.7 Å². The third-order valence-electron chi connectivity index (χ3n) is 4.38. The number of amides is 1. The molecule has 0 fully saturated rings. The van der Waals surface area contributed by atoms with Gasteiger partial charge in [0.2, 0.25) is 0 Å². The van der Waals surface area contributed by atoms with E-state index in [1.54, 1.807) is 17.5 Å². The number of carbonyl (C=O) groups is 2. The van der Waals surface area contributed by atoms with E-state index >= 15 is 0 Å². The summed E-state index contributed by atoms with van der Waals surface area (Å²) in [4.78, 5) is 29.1. The third-order valence-corrected chi connectivity index (χ3v) is 5.27. The second kappa shape index (κ2) is 8.53. The number of nitrogens with one attached hydrogen (secondary N) is 1. The first kappa shape index (κ1) is 20.7. The van der Waals surface area contributed by atoms with E-state index < -0.39 is 18.0 Å². The molecule has 150 valence electrons. The highest BCUT2D eigenvalue weighted by molar-refractivity contribution is 7.13. The maximum atomic E-state index is 13.1. The van der Waals surface area contributed by atoms with Crippen molar-refractivity contribution < 1.29 is 18.7 Å². The Morgan fingerprint density at radius 2 is 1.72 bits per heavy atom. The Morgan fingerprint density at radius 1 is 1.10 bits per heavy atom. The van der Waals surface area contributed by atoms with Crippen LogP contribution in [-0.2, 0) is 9.53 Å². The van der Waals surface area contributed by atoms with Crippen molar-refractivity contribution in [2.24, 2.45) is 0 Å². The minimum Gasteiger partial charge on any atom is -0.448 e. The number of ether oxygens (including phenoxy) is 1. The van der Waals surface area contributed by atoms with Crippen molar-refractivity contribution in [1.82, 2.24) is 4.98 Å². The summed E-state index contributed by atoms with van der Waals surface area (Å²) >= 11 is 1.25. The molecule has 0 aliphatic heterocycles. The molecule has 1 N–H and O–H groups in total. The Bertz CT molecular complexity index is 1040. The first-order valence-corrected chi connectivity index (χ1v) is 9.93. The Hall–Kier alpha value is -3.06. The standard InChI is InChI=1S/C22H21FN2O3S/c1-12-9-13(2)19(14(3)10-12)25-20(26)15(4)28-22(27)18-11-29-21(24-18)16-5-7-17(23)8-6-16/h5-11,15H,1-4H3,(H,25,26)/t15-/m0/s1. The fourth-order valence-electron chi connectivity index (χ4n) is 2.97. The highest BCUT2D eigenvalue weighted by Crippen LogP contribution is 2.25. The molecule has 1 atom stereocenters. The summed E-state index contributed by atoms with van der Waals surface area (Å²) < 4.78 is 18.3. The summed E-state index contributed by atoms with van der Waals surface area (Å²) in [6, 6.07) is 9.79. The Labute approximate surface area is 172 Å². The fourth-order valence-corrected chi connectivity index (χ4v) is 3.76. The molecule has 7 heteroatoms. The maximum Gasteiger partial charge on any atom is 0.358 e. The van der Waals surface area contributed by atoms with Crippen molar-refractivity contribution in [3.8, 4) is 10.6 Å². The average molecular weight is 412 g/mol. The molecule has 0 aliphatic rings. The number of hydrogen-bond acceptors (Lipinski definition) is 5. The number of rotatable bonds is 5. The van der Waals surface area contributed by atoms with Crippen LogP contribution in [0.2, 0.25) is 0 Å². The van der Waals surface area contributed by atoms with E-state index in [9.17, 15) is 14.0 Å². The minimum atomic E-state index is -0.987. The second-order valence-electron chi connectivity index (χ2n) is 6.86. The van der Waals surface area contributed by atoms with Crippen LogP contribution in [0.15, 0.2) is 41.8 Å². The summed E-state index contributed by atoms with van der Waals surface area (Å²) in [6.07, 6.45) is -0.987. The Kier molecular flexibility index (Phi) is 6.08. The number of hydrogen-bond donors (Lipinski definition) is 1. The van der Waals surface area contributed by atoms with Gasteiger partial charge in [-0.3, -0.25) is 4.79 Å². The monoisotopic (exact) mass is 412 g/mol. The van der Waals surface area contributed by atoms with Crippen LogP contribution in [0, 0.1) is 26.6 Å². The number of esters is 1. The Balaban J connectivity index is 1.66. The highest BCUT2D eigenvalue weighted by Gasteiger charge is 2.22. The molecule has 0 bridgehead atoms. The normalized spacial score (nSPS) is 11.8. The number of carbonyl (C=O) groups excluding carboxylic acids is 2. The molecule has 0 radical (unpaired) electrons. The van der Waals surface area contributed by atoms with Crippen LogP contribution in [0.1, 0.15) is 34.1 Å². The van der Waals surface area contributed by atoms with Crippen molar-refractivity contribution in [3.05, 3.63) is 70.0 Å². The molecule has 3 rings (SSSR count). The zero-order valence-electron chi connectivity index (χ0n) is 16.6.